The molecule has 0 saturated carbocycles. The van der Waals surface area contributed by atoms with E-state index >= 15 is 0 Å². The van der Waals surface area contributed by atoms with Crippen LogP contribution in [0.4, 0.5) is 0 Å². The fourth-order valence-corrected chi connectivity index (χ4v) is 4.18. The van der Waals surface area contributed by atoms with E-state index in [1.807, 2.05) is 26.0 Å². The minimum Gasteiger partial charge on any atom is -0.491 e. The fraction of sp³-hybridized carbons (Fsp3) is 0.241. The number of aryl methyl sites for hydroxylation is 1. The van der Waals surface area contributed by atoms with Crippen molar-refractivity contribution < 1.29 is 28.9 Å². The third-order valence-electron chi connectivity index (χ3n) is 5.65. The van der Waals surface area contributed by atoms with Gasteiger partial charge in [0, 0.05) is 27.9 Å². The number of carboxylic acids is 1. The van der Waals surface area contributed by atoms with Crippen molar-refractivity contribution in [3.8, 4) is 34.6 Å². The Morgan fingerprint density at radius 2 is 1.84 bits per heavy atom. The van der Waals surface area contributed by atoms with Gasteiger partial charge in [-0.2, -0.15) is 5.26 Å². The highest BCUT2D eigenvalue weighted by Crippen LogP contribution is 2.42. The highest BCUT2D eigenvalue weighted by molar-refractivity contribution is 6.13. The molecule has 0 bridgehead atoms. The van der Waals surface area contributed by atoms with Gasteiger partial charge < -0.3 is 24.3 Å². The van der Waals surface area contributed by atoms with Gasteiger partial charge in [0.1, 0.15) is 23.1 Å². The molecule has 2 heterocycles. The second kappa shape index (κ2) is 11.0. The van der Waals surface area contributed by atoms with Crippen molar-refractivity contribution in [2.75, 3.05) is 6.61 Å². The number of hydrogen-bond donors (Lipinski definition) is 2. The number of hydrogen-bond acceptors (Lipinski definition) is 7. The molecule has 9 heteroatoms. The molecule has 194 valence electrons. The summed E-state index contributed by atoms with van der Waals surface area (Å²) < 4.78 is 17.3. The average molecular weight is 514 g/mol. The van der Waals surface area contributed by atoms with Crippen LogP contribution in [0.15, 0.2) is 48.5 Å². The molecule has 2 aromatic heterocycles. The maximum absolute atomic E-state index is 13.1. The Morgan fingerprint density at radius 1 is 1.11 bits per heavy atom. The van der Waals surface area contributed by atoms with E-state index in [0.29, 0.717) is 39.2 Å². The first-order valence-electron chi connectivity index (χ1n) is 12.1. The number of aromatic amines is 1. The predicted molar refractivity (Wildman–Crippen MR) is 141 cm³/mol. The summed E-state index contributed by atoms with van der Waals surface area (Å²) >= 11 is 0. The van der Waals surface area contributed by atoms with Crippen LogP contribution in [0.5, 0.6) is 17.4 Å². The Morgan fingerprint density at radius 3 is 2.47 bits per heavy atom. The number of nitrogens with zero attached hydrogens (tertiary/aromatic N) is 2. The molecule has 0 atom stereocenters. The van der Waals surface area contributed by atoms with Crippen molar-refractivity contribution in [1.29, 1.82) is 5.26 Å². The Bertz CT molecular complexity index is 1550. The number of carboxylic acid groups (broad SMARTS) is 1. The largest absolute Gasteiger partial charge is 0.491 e. The van der Waals surface area contributed by atoms with E-state index in [9.17, 15) is 20.0 Å². The van der Waals surface area contributed by atoms with Crippen LogP contribution < -0.4 is 9.47 Å². The van der Waals surface area contributed by atoms with Gasteiger partial charge in [-0.3, -0.25) is 4.79 Å². The molecule has 2 N–H and O–H groups in total. The van der Waals surface area contributed by atoms with E-state index in [1.165, 1.54) is 0 Å². The lowest BCUT2D eigenvalue weighted by Crippen LogP contribution is -2.10. The van der Waals surface area contributed by atoms with Crippen LogP contribution >= 0.6 is 0 Å². The van der Waals surface area contributed by atoms with Gasteiger partial charge in [0.25, 0.3) is 0 Å². The molecule has 0 aliphatic heterocycles. The fourth-order valence-electron chi connectivity index (χ4n) is 4.18. The number of pyridine rings is 1. The van der Waals surface area contributed by atoms with Crippen LogP contribution in [0.2, 0.25) is 0 Å². The topological polar surface area (TPSA) is 135 Å². The SMILES string of the molecule is CCOC(=O)c1c(CC(=O)O)[nH]c2ccc(Oc3nc(C)ccc3C#N)c(-c3ccc(OC(C)C)cc3)c12. The summed E-state index contributed by atoms with van der Waals surface area (Å²) in [5.74, 6) is -0.642. The normalized spacial score (nSPS) is 10.8. The third kappa shape index (κ3) is 5.44. The molecule has 0 fully saturated rings. The summed E-state index contributed by atoms with van der Waals surface area (Å²) in [4.78, 5) is 32.2. The summed E-state index contributed by atoms with van der Waals surface area (Å²) in [6.07, 6.45) is -0.420. The van der Waals surface area contributed by atoms with E-state index in [-0.39, 0.29) is 35.4 Å². The molecule has 4 rings (SSSR count). The van der Waals surface area contributed by atoms with E-state index in [0.717, 1.165) is 0 Å². The van der Waals surface area contributed by atoms with Gasteiger partial charge in [-0.1, -0.05) is 12.1 Å². The Kier molecular flexibility index (Phi) is 7.63. The summed E-state index contributed by atoms with van der Waals surface area (Å²) in [6, 6.07) is 16.1. The number of nitrogens with one attached hydrogen (secondary N) is 1. The maximum Gasteiger partial charge on any atom is 0.340 e. The molecule has 2 aromatic carbocycles. The quantitative estimate of drug-likeness (QED) is 0.268. The molecule has 0 aliphatic rings. The molecule has 0 saturated heterocycles. The first-order chi connectivity index (χ1) is 18.2. The number of nitriles is 1. The number of fused-ring (bicyclic) bond motifs is 1. The van der Waals surface area contributed by atoms with Crippen LogP contribution in [-0.4, -0.2) is 39.7 Å². The summed E-state index contributed by atoms with van der Waals surface area (Å²) in [5.41, 5.74) is 2.97. The lowest BCUT2D eigenvalue weighted by molar-refractivity contribution is -0.136. The lowest BCUT2D eigenvalue weighted by Gasteiger charge is -2.15. The van der Waals surface area contributed by atoms with Crippen LogP contribution in [-0.2, 0) is 16.0 Å². The number of esters is 1. The van der Waals surface area contributed by atoms with Gasteiger partial charge in [-0.25, -0.2) is 9.78 Å². The Labute approximate surface area is 219 Å². The summed E-state index contributed by atoms with van der Waals surface area (Å²) in [7, 11) is 0. The predicted octanol–water partition coefficient (Wildman–Crippen LogP) is 5.79. The molecule has 0 amide bonds. The van der Waals surface area contributed by atoms with Crippen LogP contribution in [0.25, 0.3) is 22.0 Å². The molecular weight excluding hydrogens is 486 g/mol. The van der Waals surface area contributed by atoms with E-state index < -0.39 is 18.4 Å². The zero-order valence-corrected chi connectivity index (χ0v) is 21.5. The Balaban J connectivity index is 2.01. The molecular formula is C29H27N3O6. The van der Waals surface area contributed by atoms with Crippen LogP contribution in [0, 0.1) is 18.3 Å². The van der Waals surface area contributed by atoms with Crippen molar-refractivity contribution in [3.63, 3.8) is 0 Å². The summed E-state index contributed by atoms with van der Waals surface area (Å²) in [5, 5.41) is 19.6. The maximum atomic E-state index is 13.1. The number of benzene rings is 2. The standard InChI is InChI=1S/C29H27N3O6/c1-5-36-29(35)27-22(14-24(33)34)32-21-12-13-23(38-28-19(15-30)7-6-17(4)31-28)25(26(21)27)18-8-10-20(11-9-18)37-16(2)3/h6-13,16,32H,5,14H2,1-4H3,(H,33,34). The van der Waals surface area contributed by atoms with Crippen molar-refractivity contribution in [1.82, 2.24) is 9.97 Å². The van der Waals surface area contributed by atoms with Crippen LogP contribution in [0.1, 0.15) is 48.1 Å². The number of rotatable bonds is 9. The lowest BCUT2D eigenvalue weighted by atomic mass is 9.96. The monoisotopic (exact) mass is 513 g/mol. The van der Waals surface area contributed by atoms with Gasteiger partial charge in [0.15, 0.2) is 0 Å². The van der Waals surface area contributed by atoms with Gasteiger partial charge >= 0.3 is 11.9 Å². The Hall–Kier alpha value is -4.84. The number of aliphatic carboxylic acids is 1. The zero-order chi connectivity index (χ0) is 27.4. The smallest absolute Gasteiger partial charge is 0.340 e. The van der Waals surface area contributed by atoms with Crippen molar-refractivity contribution in [3.05, 3.63) is 71.0 Å². The number of ether oxygens (including phenoxy) is 3. The van der Waals surface area contributed by atoms with E-state index in [1.54, 1.807) is 50.2 Å². The van der Waals surface area contributed by atoms with Gasteiger partial charge in [-0.05, 0) is 69.7 Å². The number of carbonyl (C=O) groups is 2. The highest BCUT2D eigenvalue weighted by Gasteiger charge is 2.26. The van der Waals surface area contributed by atoms with E-state index in [2.05, 4.69) is 16.0 Å². The molecule has 9 nitrogen and oxygen atoms in total. The number of H-pyrrole nitrogens is 1. The first kappa shape index (κ1) is 26.2. The van der Waals surface area contributed by atoms with Gasteiger partial charge in [-0.15, -0.1) is 0 Å². The third-order valence-corrected chi connectivity index (χ3v) is 5.65. The minimum atomic E-state index is -1.10. The van der Waals surface area contributed by atoms with Crippen molar-refractivity contribution in [2.45, 2.75) is 40.2 Å². The van der Waals surface area contributed by atoms with Crippen molar-refractivity contribution in [2.24, 2.45) is 0 Å². The summed E-state index contributed by atoms with van der Waals surface area (Å²) in [6.45, 7) is 7.44. The molecule has 38 heavy (non-hydrogen) atoms. The van der Waals surface area contributed by atoms with E-state index in [4.69, 9.17) is 14.2 Å². The van der Waals surface area contributed by atoms with Gasteiger partial charge in [0.2, 0.25) is 5.88 Å². The molecule has 0 spiro atoms. The van der Waals surface area contributed by atoms with Crippen molar-refractivity contribution >= 4 is 22.8 Å². The molecule has 0 unspecified atom stereocenters. The molecule has 0 aliphatic carbocycles. The second-order valence-corrected chi connectivity index (χ2v) is 8.84. The number of aromatic nitrogens is 2. The molecule has 0 radical (unpaired) electrons. The highest BCUT2D eigenvalue weighted by atomic mass is 16.5. The van der Waals surface area contributed by atoms with Crippen LogP contribution in [0.3, 0.4) is 0 Å². The molecule has 4 aromatic rings. The van der Waals surface area contributed by atoms with Gasteiger partial charge in [0.05, 0.1) is 24.7 Å². The minimum absolute atomic E-state index is 0.0151. The first-order valence-corrected chi connectivity index (χ1v) is 12.1. The number of carbonyl (C=O) groups excluding carboxylic acids is 1. The zero-order valence-electron chi connectivity index (χ0n) is 21.5. The second-order valence-electron chi connectivity index (χ2n) is 8.84. The average Bonchev–Trinajstić information content (AvgIpc) is 3.22.